The highest BCUT2D eigenvalue weighted by atomic mass is 35.5. The summed E-state index contributed by atoms with van der Waals surface area (Å²) in [6, 6.07) is 18.5. The molecule has 1 heterocycles. The number of rotatable bonds is 5. The second kappa shape index (κ2) is 8.72. The van der Waals surface area contributed by atoms with Crippen molar-refractivity contribution in [2.75, 3.05) is 10.2 Å². The van der Waals surface area contributed by atoms with Crippen molar-refractivity contribution in [3.63, 3.8) is 0 Å². The van der Waals surface area contributed by atoms with Gasteiger partial charge >= 0.3 is 0 Å². The third-order valence-electron chi connectivity index (χ3n) is 8.26. The fraction of sp³-hybridized carbons (Fsp3) is 0.233. The van der Waals surface area contributed by atoms with Gasteiger partial charge in [0.2, 0.25) is 11.8 Å². The molecule has 1 aliphatic heterocycles. The van der Waals surface area contributed by atoms with E-state index in [4.69, 9.17) is 27.9 Å². The number of anilines is 2. The SMILES string of the molecule is O=C(Nc1ccc(Oc2ccc(Cl)cc2Cl)cc1)c1cccc(N2C(=O)[C@H]3[C@@H]4C=C[C@H]([C@H]5C[C@H]45)[C@@H]3C2=O)c1. The number of carbonyl (C=O) groups is 3. The van der Waals surface area contributed by atoms with Crippen LogP contribution in [-0.4, -0.2) is 17.7 Å². The van der Waals surface area contributed by atoms with E-state index in [-0.39, 0.29) is 41.4 Å². The van der Waals surface area contributed by atoms with Gasteiger partial charge in [-0.2, -0.15) is 0 Å². The molecule has 8 heteroatoms. The number of hydrogen-bond acceptors (Lipinski definition) is 4. The smallest absolute Gasteiger partial charge is 0.255 e. The van der Waals surface area contributed by atoms with Gasteiger partial charge in [-0.25, -0.2) is 4.90 Å². The van der Waals surface area contributed by atoms with E-state index in [9.17, 15) is 14.4 Å². The largest absolute Gasteiger partial charge is 0.456 e. The van der Waals surface area contributed by atoms with E-state index >= 15 is 0 Å². The third kappa shape index (κ3) is 3.74. The number of carbonyl (C=O) groups excluding carboxylic acids is 3. The first-order valence-electron chi connectivity index (χ1n) is 12.6. The van der Waals surface area contributed by atoms with Crippen molar-refractivity contribution in [1.82, 2.24) is 0 Å². The zero-order valence-electron chi connectivity index (χ0n) is 20.0. The Balaban J connectivity index is 1.06. The number of imide groups is 1. The summed E-state index contributed by atoms with van der Waals surface area (Å²) in [6.45, 7) is 0. The molecule has 3 aromatic rings. The molecule has 2 saturated carbocycles. The first-order chi connectivity index (χ1) is 18.4. The van der Waals surface area contributed by atoms with E-state index in [0.29, 0.717) is 50.3 Å². The summed E-state index contributed by atoms with van der Waals surface area (Å²) < 4.78 is 5.79. The minimum atomic E-state index is -0.347. The molecule has 8 rings (SSSR count). The van der Waals surface area contributed by atoms with Gasteiger partial charge in [0.05, 0.1) is 22.5 Å². The van der Waals surface area contributed by atoms with Gasteiger partial charge < -0.3 is 10.1 Å². The number of amides is 3. The zero-order valence-corrected chi connectivity index (χ0v) is 21.5. The van der Waals surface area contributed by atoms with Crippen molar-refractivity contribution in [2.24, 2.45) is 35.5 Å². The maximum absolute atomic E-state index is 13.4. The summed E-state index contributed by atoms with van der Waals surface area (Å²) in [6.07, 6.45) is 5.42. The average molecular weight is 545 g/mol. The number of benzene rings is 3. The number of ether oxygens (including phenoxy) is 1. The van der Waals surface area contributed by atoms with Crippen molar-refractivity contribution in [2.45, 2.75) is 6.42 Å². The minimum absolute atomic E-state index is 0.140. The standard InChI is InChI=1S/C30H22Cl2N2O4/c31-16-4-11-25(24(32)13-16)38-19-7-5-17(6-8-19)33-28(35)15-2-1-3-18(12-15)34-29(36)26-20-9-10-21(23-14-22(20)23)27(26)30(34)37/h1-13,20-23,26-27H,14H2,(H,33,35)/t20-,21-,22-,23-,26+,27+/m1/s1. The lowest BCUT2D eigenvalue weighted by Crippen LogP contribution is -2.40. The van der Waals surface area contributed by atoms with Crippen LogP contribution in [0.2, 0.25) is 10.0 Å². The van der Waals surface area contributed by atoms with Crippen molar-refractivity contribution in [1.29, 1.82) is 0 Å². The highest BCUT2D eigenvalue weighted by Crippen LogP contribution is 2.65. The number of halogens is 2. The molecule has 0 spiro atoms. The summed E-state index contributed by atoms with van der Waals surface area (Å²) >= 11 is 12.1. The van der Waals surface area contributed by atoms with Gasteiger partial charge in [0.25, 0.3) is 5.91 Å². The summed E-state index contributed by atoms with van der Waals surface area (Å²) in [5.74, 6) is 1.23. The predicted molar refractivity (Wildman–Crippen MR) is 145 cm³/mol. The fourth-order valence-electron chi connectivity index (χ4n) is 6.49. The van der Waals surface area contributed by atoms with Crippen molar-refractivity contribution in [3.05, 3.63) is 94.5 Å². The van der Waals surface area contributed by atoms with Crippen molar-refractivity contribution < 1.29 is 19.1 Å². The Kier molecular flexibility index (Phi) is 5.39. The molecule has 38 heavy (non-hydrogen) atoms. The summed E-state index contributed by atoms with van der Waals surface area (Å²) in [7, 11) is 0. The quantitative estimate of drug-likeness (QED) is 0.290. The van der Waals surface area contributed by atoms with Crippen molar-refractivity contribution in [3.8, 4) is 11.5 Å². The lowest BCUT2D eigenvalue weighted by molar-refractivity contribution is -0.124. The van der Waals surface area contributed by atoms with E-state index < -0.39 is 0 Å². The molecule has 3 aromatic carbocycles. The Morgan fingerprint density at radius 2 is 1.55 bits per heavy atom. The predicted octanol–water partition coefficient (Wildman–Crippen LogP) is 6.60. The molecule has 2 bridgehead atoms. The number of nitrogens with zero attached hydrogens (tertiary/aromatic N) is 1. The molecular formula is C30H22Cl2N2O4. The van der Waals surface area contributed by atoms with Crippen LogP contribution in [0, 0.1) is 35.5 Å². The molecule has 4 aliphatic carbocycles. The van der Waals surface area contributed by atoms with E-state index in [1.807, 2.05) is 0 Å². The normalized spacial score (nSPS) is 28.2. The second-order valence-electron chi connectivity index (χ2n) is 10.4. The lowest BCUT2D eigenvalue weighted by atomic mass is 9.63. The molecule has 1 N–H and O–H groups in total. The van der Waals surface area contributed by atoms with E-state index in [2.05, 4.69) is 17.5 Å². The van der Waals surface area contributed by atoms with Crippen LogP contribution in [0.3, 0.4) is 0 Å². The van der Waals surface area contributed by atoms with Gasteiger partial charge in [-0.3, -0.25) is 14.4 Å². The zero-order chi connectivity index (χ0) is 26.1. The molecule has 6 atom stereocenters. The fourth-order valence-corrected chi connectivity index (χ4v) is 6.94. The monoisotopic (exact) mass is 544 g/mol. The van der Waals surface area contributed by atoms with Crippen LogP contribution >= 0.6 is 23.2 Å². The maximum atomic E-state index is 13.4. The van der Waals surface area contributed by atoms with Crippen LogP contribution in [0.1, 0.15) is 16.8 Å². The molecule has 5 aliphatic rings. The van der Waals surface area contributed by atoms with Crippen LogP contribution < -0.4 is 15.0 Å². The summed E-state index contributed by atoms with van der Waals surface area (Å²) in [5.41, 5.74) is 1.37. The highest BCUT2D eigenvalue weighted by Gasteiger charge is 2.67. The van der Waals surface area contributed by atoms with E-state index in [1.165, 1.54) is 4.90 Å². The summed E-state index contributed by atoms with van der Waals surface area (Å²) in [4.78, 5) is 41.2. The molecule has 0 unspecified atom stereocenters. The minimum Gasteiger partial charge on any atom is -0.456 e. The van der Waals surface area contributed by atoms with Gasteiger partial charge in [-0.05, 0) is 90.8 Å². The van der Waals surface area contributed by atoms with Crippen LogP contribution in [0.5, 0.6) is 11.5 Å². The molecule has 1 saturated heterocycles. The van der Waals surface area contributed by atoms with E-state index in [1.54, 1.807) is 66.7 Å². The topological polar surface area (TPSA) is 75.7 Å². The van der Waals surface area contributed by atoms with Gasteiger partial charge in [-0.1, -0.05) is 41.4 Å². The highest BCUT2D eigenvalue weighted by molar-refractivity contribution is 6.35. The molecule has 3 fully saturated rings. The molecular weight excluding hydrogens is 523 g/mol. The molecule has 0 aromatic heterocycles. The first-order valence-corrected chi connectivity index (χ1v) is 13.3. The van der Waals surface area contributed by atoms with Crippen LogP contribution in [0.15, 0.2) is 78.9 Å². The van der Waals surface area contributed by atoms with Crippen LogP contribution in [0.4, 0.5) is 11.4 Å². The Labute approximate surface area is 229 Å². The molecule has 6 nitrogen and oxygen atoms in total. The molecule has 3 amide bonds. The Morgan fingerprint density at radius 1 is 0.868 bits per heavy atom. The van der Waals surface area contributed by atoms with Gasteiger partial charge in [0, 0.05) is 16.3 Å². The summed E-state index contributed by atoms with van der Waals surface area (Å²) in [5, 5.41) is 3.77. The third-order valence-corrected chi connectivity index (χ3v) is 8.79. The Morgan fingerprint density at radius 3 is 2.21 bits per heavy atom. The van der Waals surface area contributed by atoms with Crippen LogP contribution in [-0.2, 0) is 9.59 Å². The second-order valence-corrected chi connectivity index (χ2v) is 11.2. The van der Waals surface area contributed by atoms with Crippen LogP contribution in [0.25, 0.3) is 0 Å². The lowest BCUT2D eigenvalue weighted by Gasteiger charge is -2.37. The molecule has 190 valence electrons. The Bertz CT molecular complexity index is 1500. The maximum Gasteiger partial charge on any atom is 0.255 e. The Hall–Kier alpha value is -3.61. The number of hydrogen-bond donors (Lipinski definition) is 1. The van der Waals surface area contributed by atoms with E-state index in [0.717, 1.165) is 6.42 Å². The molecule has 0 radical (unpaired) electrons. The number of allylic oxidation sites excluding steroid dienone is 2. The number of nitrogens with one attached hydrogen (secondary N) is 1. The van der Waals surface area contributed by atoms with Gasteiger partial charge in [0.15, 0.2) is 0 Å². The van der Waals surface area contributed by atoms with Crippen molar-refractivity contribution >= 4 is 52.3 Å². The first kappa shape index (κ1) is 23.5. The average Bonchev–Trinajstić information content (AvgIpc) is 3.69. The van der Waals surface area contributed by atoms with Gasteiger partial charge in [-0.15, -0.1) is 0 Å². The van der Waals surface area contributed by atoms with Gasteiger partial charge in [0.1, 0.15) is 11.5 Å².